The van der Waals surface area contributed by atoms with Gasteiger partial charge in [0.05, 0.1) is 22.9 Å². The SMILES string of the molecule is CCO[C@@]1(C)C2C[C@@](C)(C3C(=O)[C@]4(O)O[C@@]31[C@](O)(CC)CCC1C4CC=C3C=CCC(=O)[C@@]31C)[C@@H](C)C(=O)O2. The van der Waals surface area contributed by atoms with Crippen molar-refractivity contribution < 1.29 is 38.8 Å². The molecule has 4 fully saturated rings. The van der Waals surface area contributed by atoms with Gasteiger partial charge in [-0.15, -0.1) is 0 Å². The Morgan fingerprint density at radius 2 is 1.82 bits per heavy atom. The van der Waals surface area contributed by atoms with Crippen molar-refractivity contribution in [1.82, 2.24) is 0 Å². The van der Waals surface area contributed by atoms with Gasteiger partial charge in [-0.1, -0.05) is 39.0 Å². The van der Waals surface area contributed by atoms with Crippen molar-refractivity contribution in [2.24, 2.45) is 34.5 Å². The number of hydrogen-bond donors (Lipinski definition) is 2. The molecule has 214 valence electrons. The van der Waals surface area contributed by atoms with Gasteiger partial charge in [-0.3, -0.25) is 14.4 Å². The number of carbonyl (C=O) groups excluding carboxylic acids is 3. The predicted octanol–water partition coefficient (Wildman–Crippen LogP) is 3.43. The van der Waals surface area contributed by atoms with Crippen LogP contribution in [0.5, 0.6) is 0 Å². The van der Waals surface area contributed by atoms with E-state index in [1.807, 2.05) is 45.9 Å². The van der Waals surface area contributed by atoms with E-state index in [9.17, 15) is 24.6 Å². The molecule has 11 atom stereocenters. The molecular weight excluding hydrogens is 500 g/mol. The first kappa shape index (κ1) is 27.3. The van der Waals surface area contributed by atoms with Crippen LogP contribution in [-0.4, -0.2) is 63.0 Å². The number of aliphatic hydroxyl groups is 2. The molecular formula is C31H42O8. The average Bonchev–Trinajstić information content (AvgIpc) is 3.16. The van der Waals surface area contributed by atoms with Gasteiger partial charge in [-0.2, -0.15) is 0 Å². The summed E-state index contributed by atoms with van der Waals surface area (Å²) in [6.45, 7) is 11.2. The normalized spacial score (nSPS) is 54.1. The van der Waals surface area contributed by atoms with Gasteiger partial charge in [0.2, 0.25) is 5.79 Å². The zero-order valence-electron chi connectivity index (χ0n) is 23.9. The molecule has 0 aromatic carbocycles. The summed E-state index contributed by atoms with van der Waals surface area (Å²) >= 11 is 0. The summed E-state index contributed by atoms with van der Waals surface area (Å²) in [6, 6.07) is 0. The monoisotopic (exact) mass is 542 g/mol. The van der Waals surface area contributed by atoms with Gasteiger partial charge in [0, 0.05) is 18.9 Å². The molecule has 8 nitrogen and oxygen atoms in total. The molecule has 8 heteroatoms. The number of rotatable bonds is 3. The number of esters is 1. The molecule has 1 spiro atoms. The second kappa shape index (κ2) is 8.11. The first-order chi connectivity index (χ1) is 18.2. The lowest BCUT2D eigenvalue weighted by molar-refractivity contribution is -0.388. The number of ketones is 2. The first-order valence-corrected chi connectivity index (χ1v) is 14.7. The van der Waals surface area contributed by atoms with Crippen molar-refractivity contribution in [2.75, 3.05) is 6.61 Å². The van der Waals surface area contributed by atoms with Crippen LogP contribution in [0.2, 0.25) is 0 Å². The molecule has 4 unspecified atom stereocenters. The van der Waals surface area contributed by atoms with Crippen molar-refractivity contribution in [2.45, 2.75) is 109 Å². The Morgan fingerprint density at radius 3 is 2.49 bits per heavy atom. The Kier molecular flexibility index (Phi) is 5.68. The Balaban J connectivity index is 1.64. The molecule has 1 saturated carbocycles. The molecule has 0 aromatic rings. The van der Waals surface area contributed by atoms with Gasteiger partial charge in [0.1, 0.15) is 23.1 Å². The number of ether oxygens (including phenoxy) is 3. The lowest BCUT2D eigenvalue weighted by Crippen LogP contribution is -2.81. The van der Waals surface area contributed by atoms with E-state index in [0.29, 0.717) is 19.3 Å². The maximum absolute atomic E-state index is 14.9. The molecule has 6 aliphatic rings. The second-order valence-corrected chi connectivity index (χ2v) is 13.5. The van der Waals surface area contributed by atoms with Crippen LogP contribution >= 0.6 is 0 Å². The third-order valence-corrected chi connectivity index (χ3v) is 12.3. The molecule has 4 bridgehead atoms. The highest BCUT2D eigenvalue weighted by Crippen LogP contribution is 2.71. The summed E-state index contributed by atoms with van der Waals surface area (Å²) in [5, 5.41) is 25.4. The number of allylic oxidation sites excluding steroid dienone is 4. The van der Waals surface area contributed by atoms with Crippen LogP contribution in [0.15, 0.2) is 23.8 Å². The van der Waals surface area contributed by atoms with Crippen LogP contribution in [0.1, 0.15) is 80.1 Å². The van der Waals surface area contributed by atoms with E-state index < -0.39 is 74.9 Å². The van der Waals surface area contributed by atoms with E-state index in [-0.39, 0.29) is 31.7 Å². The molecule has 39 heavy (non-hydrogen) atoms. The minimum absolute atomic E-state index is 0.0438. The highest BCUT2D eigenvalue weighted by atomic mass is 16.7. The van der Waals surface area contributed by atoms with Gasteiger partial charge in [-0.05, 0) is 69.8 Å². The van der Waals surface area contributed by atoms with E-state index in [0.717, 1.165) is 5.57 Å². The number of fused-ring (bicyclic) bond motifs is 8. The zero-order chi connectivity index (χ0) is 28.4. The maximum Gasteiger partial charge on any atom is 0.309 e. The lowest BCUT2D eigenvalue weighted by atomic mass is 9.45. The van der Waals surface area contributed by atoms with Gasteiger partial charge in [0.25, 0.3) is 0 Å². The molecule has 0 radical (unpaired) electrons. The van der Waals surface area contributed by atoms with E-state index >= 15 is 0 Å². The van der Waals surface area contributed by atoms with Gasteiger partial charge in [0.15, 0.2) is 5.78 Å². The third-order valence-electron chi connectivity index (χ3n) is 12.3. The number of Topliss-reactive ketones (excluding diaryl/α,β-unsaturated/α-hetero) is 2. The highest BCUT2D eigenvalue weighted by Gasteiger charge is 2.86. The standard InChI is InChI=1S/C31H42O8/c1-7-29(35)15-14-19-20(13-12-18-10-9-11-21(32)27(18,19)5)30(36)24(33)23-26(4)16-22(38-25(34)17(26)3)28(6,37-8-2)31(23,29)39-30/h9-10,12,17,19-20,22-23,35-36H,7-8,11,13-16H2,1-6H3/t17-,19?,20?,22?,23?,26+,27-,28-,29-,30+,31-/m0/s1. The maximum atomic E-state index is 14.9. The Hall–Kier alpha value is -1.87. The molecule has 3 heterocycles. The predicted molar refractivity (Wildman–Crippen MR) is 140 cm³/mol. The van der Waals surface area contributed by atoms with Crippen LogP contribution in [0, 0.1) is 34.5 Å². The fraction of sp³-hybridized carbons (Fsp3) is 0.774. The quantitative estimate of drug-likeness (QED) is 0.521. The molecule has 0 aromatic heterocycles. The third kappa shape index (κ3) is 2.87. The summed E-state index contributed by atoms with van der Waals surface area (Å²) in [7, 11) is 0. The summed E-state index contributed by atoms with van der Waals surface area (Å²) in [6.07, 6.45) is 6.93. The molecule has 3 aliphatic heterocycles. The van der Waals surface area contributed by atoms with Crippen molar-refractivity contribution >= 4 is 17.5 Å². The van der Waals surface area contributed by atoms with Crippen molar-refractivity contribution in [1.29, 1.82) is 0 Å². The Labute approximate surface area is 230 Å². The minimum atomic E-state index is -2.27. The molecule has 6 rings (SSSR count). The van der Waals surface area contributed by atoms with Crippen molar-refractivity contribution in [3.8, 4) is 0 Å². The number of hydrogen-bond acceptors (Lipinski definition) is 8. The van der Waals surface area contributed by atoms with Crippen molar-refractivity contribution in [3.05, 3.63) is 23.8 Å². The summed E-state index contributed by atoms with van der Waals surface area (Å²) in [5.41, 5.74) is -5.63. The fourth-order valence-corrected chi connectivity index (χ4v) is 9.83. The molecule has 3 saturated heterocycles. The van der Waals surface area contributed by atoms with Crippen molar-refractivity contribution in [3.63, 3.8) is 0 Å². The highest BCUT2D eigenvalue weighted by molar-refractivity contribution is 5.95. The summed E-state index contributed by atoms with van der Waals surface area (Å²) in [5.74, 6) is -5.94. The Bertz CT molecular complexity index is 1210. The van der Waals surface area contributed by atoms with E-state index in [2.05, 4.69) is 0 Å². The first-order valence-electron chi connectivity index (χ1n) is 14.7. The van der Waals surface area contributed by atoms with Crippen LogP contribution < -0.4 is 0 Å². The van der Waals surface area contributed by atoms with Crippen LogP contribution in [0.25, 0.3) is 0 Å². The molecule has 2 N–H and O–H groups in total. The molecule has 0 amide bonds. The van der Waals surface area contributed by atoms with E-state index in [4.69, 9.17) is 14.2 Å². The largest absolute Gasteiger partial charge is 0.459 e. The lowest BCUT2D eigenvalue weighted by Gasteiger charge is -2.67. The molecule has 3 aliphatic carbocycles. The number of carbonyl (C=O) groups is 3. The fourth-order valence-electron chi connectivity index (χ4n) is 9.83. The van der Waals surface area contributed by atoms with Crippen LogP contribution in [0.4, 0.5) is 0 Å². The van der Waals surface area contributed by atoms with Gasteiger partial charge < -0.3 is 24.4 Å². The topological polar surface area (TPSA) is 119 Å². The van der Waals surface area contributed by atoms with Gasteiger partial charge in [-0.25, -0.2) is 0 Å². The van der Waals surface area contributed by atoms with Crippen LogP contribution in [-0.2, 0) is 28.6 Å². The summed E-state index contributed by atoms with van der Waals surface area (Å²) < 4.78 is 19.3. The zero-order valence-corrected chi connectivity index (χ0v) is 23.9. The minimum Gasteiger partial charge on any atom is -0.459 e. The smallest absolute Gasteiger partial charge is 0.309 e. The average molecular weight is 543 g/mol. The van der Waals surface area contributed by atoms with E-state index in [1.54, 1.807) is 13.8 Å². The summed E-state index contributed by atoms with van der Waals surface area (Å²) in [4.78, 5) is 41.6. The second-order valence-electron chi connectivity index (χ2n) is 13.5. The van der Waals surface area contributed by atoms with Crippen LogP contribution in [0.3, 0.4) is 0 Å². The Morgan fingerprint density at radius 1 is 1.10 bits per heavy atom. The van der Waals surface area contributed by atoms with Gasteiger partial charge >= 0.3 is 5.97 Å². The van der Waals surface area contributed by atoms with E-state index in [1.165, 1.54) is 0 Å².